The lowest BCUT2D eigenvalue weighted by Crippen LogP contribution is -2.47. The van der Waals surface area contributed by atoms with Crippen LogP contribution in [0.15, 0.2) is 9.82 Å². The number of carbonyl (C=O) groups is 1. The van der Waals surface area contributed by atoms with Crippen molar-refractivity contribution in [2.24, 2.45) is 0 Å². The lowest BCUT2D eigenvalue weighted by atomic mass is 9.96. The van der Waals surface area contributed by atoms with E-state index in [1.807, 2.05) is 0 Å². The Balaban J connectivity index is 2.16. The Kier molecular flexibility index (Phi) is 4.70. The average molecular weight is 313 g/mol. The van der Waals surface area contributed by atoms with E-state index in [0.29, 0.717) is 29.3 Å². The molecule has 1 fully saturated rings. The molecule has 7 nitrogen and oxygen atoms in total. The maximum absolute atomic E-state index is 12.3. The van der Waals surface area contributed by atoms with Gasteiger partial charge in [0.15, 0.2) is 0 Å². The third-order valence-electron chi connectivity index (χ3n) is 3.72. The lowest BCUT2D eigenvalue weighted by molar-refractivity contribution is -0.0252. The summed E-state index contributed by atoms with van der Waals surface area (Å²) in [5.74, 6) is -0.367. The van der Waals surface area contributed by atoms with Gasteiger partial charge < -0.3 is 20.1 Å². The van der Waals surface area contributed by atoms with Crippen molar-refractivity contribution in [3.8, 4) is 0 Å². The second-order valence-corrected chi connectivity index (χ2v) is 5.90. The molecule has 3 N–H and O–H groups in total. The van der Waals surface area contributed by atoms with E-state index in [1.165, 1.54) is 11.8 Å². The van der Waals surface area contributed by atoms with E-state index < -0.39 is 11.3 Å². The summed E-state index contributed by atoms with van der Waals surface area (Å²) in [6.07, 6.45) is 1.90. The lowest BCUT2D eigenvalue weighted by Gasteiger charge is -2.26. The summed E-state index contributed by atoms with van der Waals surface area (Å²) in [7, 11) is 0. The van der Waals surface area contributed by atoms with Crippen LogP contribution in [0.25, 0.3) is 0 Å². The quantitative estimate of drug-likeness (QED) is 0.537. The third kappa shape index (κ3) is 3.28. The fraction of sp³-hybridized carbons (Fsp3) is 0.615. The van der Waals surface area contributed by atoms with Gasteiger partial charge in [-0.05, 0) is 20.1 Å². The van der Waals surface area contributed by atoms with Gasteiger partial charge in [0, 0.05) is 25.3 Å². The van der Waals surface area contributed by atoms with Crippen molar-refractivity contribution in [2.75, 3.05) is 19.4 Å². The van der Waals surface area contributed by atoms with Gasteiger partial charge in [0.1, 0.15) is 10.6 Å². The zero-order chi connectivity index (χ0) is 15.6. The number of ether oxygens (including phenoxy) is 1. The van der Waals surface area contributed by atoms with E-state index in [9.17, 15) is 14.7 Å². The van der Waals surface area contributed by atoms with Gasteiger partial charge in [0.05, 0.1) is 11.7 Å². The Morgan fingerprint density at radius 3 is 2.95 bits per heavy atom. The summed E-state index contributed by atoms with van der Waals surface area (Å²) >= 11 is 1.23. The molecule has 1 aliphatic heterocycles. The standard InChI is InChI=1S/C13H19N3O4S/c1-7-9(11(21-3)16-12(18)15-7)10(17)14-6-13(19)4-5-20-8(13)2/h8,19H,4-6H2,1-3H3,(H,14,17)(H,15,16,18). The van der Waals surface area contributed by atoms with Crippen LogP contribution in [0.1, 0.15) is 29.4 Å². The van der Waals surface area contributed by atoms with Gasteiger partial charge in [-0.1, -0.05) is 0 Å². The van der Waals surface area contributed by atoms with Gasteiger partial charge in [-0.2, -0.15) is 4.98 Å². The van der Waals surface area contributed by atoms with E-state index in [-0.39, 0.29) is 18.6 Å². The molecule has 2 atom stereocenters. The molecule has 0 saturated carbocycles. The van der Waals surface area contributed by atoms with Crippen molar-refractivity contribution >= 4 is 17.7 Å². The molecule has 116 valence electrons. The summed E-state index contributed by atoms with van der Waals surface area (Å²) in [5.41, 5.74) is -0.750. The zero-order valence-electron chi connectivity index (χ0n) is 12.2. The molecule has 1 amide bonds. The Morgan fingerprint density at radius 2 is 2.38 bits per heavy atom. The molecule has 8 heteroatoms. The largest absolute Gasteiger partial charge is 0.385 e. The predicted molar refractivity (Wildman–Crippen MR) is 78.7 cm³/mol. The second-order valence-electron chi connectivity index (χ2n) is 5.10. The van der Waals surface area contributed by atoms with Crippen molar-refractivity contribution in [1.29, 1.82) is 0 Å². The summed E-state index contributed by atoms with van der Waals surface area (Å²) in [4.78, 5) is 30.0. The normalized spacial score (nSPS) is 25.0. The first-order valence-electron chi connectivity index (χ1n) is 6.64. The minimum Gasteiger partial charge on any atom is -0.385 e. The Bertz CT molecular complexity index is 604. The van der Waals surface area contributed by atoms with Gasteiger partial charge in [-0.25, -0.2) is 4.79 Å². The topological polar surface area (TPSA) is 104 Å². The second kappa shape index (κ2) is 6.17. The molecule has 2 rings (SSSR count). The van der Waals surface area contributed by atoms with Crippen LogP contribution < -0.4 is 11.0 Å². The van der Waals surface area contributed by atoms with Gasteiger partial charge in [0.2, 0.25) is 0 Å². The molecule has 0 aliphatic carbocycles. The Labute approximate surface area is 126 Å². The number of aromatic amines is 1. The molecule has 0 aromatic carbocycles. The maximum Gasteiger partial charge on any atom is 0.346 e. The molecule has 1 aliphatic rings. The maximum atomic E-state index is 12.3. The number of amides is 1. The SMILES string of the molecule is CSc1nc(=O)[nH]c(C)c1C(=O)NCC1(O)CCOC1C. The number of hydrogen-bond donors (Lipinski definition) is 3. The summed E-state index contributed by atoms with van der Waals surface area (Å²) in [6.45, 7) is 4.00. The molecule has 1 aromatic heterocycles. The number of thioether (sulfide) groups is 1. The van der Waals surface area contributed by atoms with Crippen molar-refractivity contribution in [2.45, 2.75) is 37.0 Å². The molecule has 1 saturated heterocycles. The first-order chi connectivity index (χ1) is 9.87. The first-order valence-corrected chi connectivity index (χ1v) is 7.87. The molecule has 2 heterocycles. The van der Waals surface area contributed by atoms with Crippen LogP contribution in [0.5, 0.6) is 0 Å². The van der Waals surface area contributed by atoms with Crippen molar-refractivity contribution in [3.63, 3.8) is 0 Å². The van der Waals surface area contributed by atoms with Crippen LogP contribution in [0.2, 0.25) is 0 Å². The summed E-state index contributed by atoms with van der Waals surface area (Å²) in [6, 6.07) is 0. The van der Waals surface area contributed by atoms with Crippen LogP contribution in [0.4, 0.5) is 0 Å². The Morgan fingerprint density at radius 1 is 1.67 bits per heavy atom. The average Bonchev–Trinajstić information content (AvgIpc) is 2.75. The minimum absolute atomic E-state index is 0.0966. The van der Waals surface area contributed by atoms with Crippen molar-refractivity contribution < 1.29 is 14.6 Å². The molecule has 1 aromatic rings. The number of aliphatic hydroxyl groups is 1. The highest BCUT2D eigenvalue weighted by atomic mass is 32.2. The number of H-pyrrole nitrogens is 1. The smallest absolute Gasteiger partial charge is 0.346 e. The van der Waals surface area contributed by atoms with Gasteiger partial charge in [0.25, 0.3) is 5.91 Å². The van der Waals surface area contributed by atoms with Crippen LogP contribution in [0, 0.1) is 6.92 Å². The van der Waals surface area contributed by atoms with Crippen LogP contribution in [-0.4, -0.2) is 52.1 Å². The molecule has 2 unspecified atom stereocenters. The van der Waals surface area contributed by atoms with Crippen LogP contribution in [0.3, 0.4) is 0 Å². The highest BCUT2D eigenvalue weighted by Gasteiger charge is 2.39. The van der Waals surface area contributed by atoms with E-state index in [1.54, 1.807) is 20.1 Å². The number of nitrogens with one attached hydrogen (secondary N) is 2. The fourth-order valence-corrected chi connectivity index (χ4v) is 2.92. The highest BCUT2D eigenvalue weighted by Crippen LogP contribution is 2.25. The molecule has 0 bridgehead atoms. The van der Waals surface area contributed by atoms with Crippen molar-refractivity contribution in [1.82, 2.24) is 15.3 Å². The van der Waals surface area contributed by atoms with Gasteiger partial charge in [-0.15, -0.1) is 11.8 Å². The molecular formula is C13H19N3O4S. The highest BCUT2D eigenvalue weighted by molar-refractivity contribution is 7.98. The van der Waals surface area contributed by atoms with Gasteiger partial charge in [-0.3, -0.25) is 4.79 Å². The number of carbonyl (C=O) groups excluding carboxylic acids is 1. The predicted octanol–water partition coefficient (Wildman–Crippen LogP) is 0.0699. The summed E-state index contributed by atoms with van der Waals surface area (Å²) in [5, 5.41) is 13.5. The molecule has 0 radical (unpaired) electrons. The molecule has 21 heavy (non-hydrogen) atoms. The number of nitrogens with zero attached hydrogens (tertiary/aromatic N) is 1. The van der Waals surface area contributed by atoms with Gasteiger partial charge >= 0.3 is 5.69 Å². The molecule has 0 spiro atoms. The van der Waals surface area contributed by atoms with Crippen LogP contribution in [-0.2, 0) is 4.74 Å². The summed E-state index contributed by atoms with van der Waals surface area (Å²) < 4.78 is 5.33. The molecular weight excluding hydrogens is 294 g/mol. The van der Waals surface area contributed by atoms with E-state index >= 15 is 0 Å². The number of aromatic nitrogens is 2. The third-order valence-corrected chi connectivity index (χ3v) is 4.40. The Hall–Kier alpha value is -1.38. The van der Waals surface area contributed by atoms with Crippen LogP contribution >= 0.6 is 11.8 Å². The number of hydrogen-bond acceptors (Lipinski definition) is 6. The zero-order valence-corrected chi connectivity index (χ0v) is 13.0. The minimum atomic E-state index is -1.06. The number of aryl methyl sites for hydroxylation is 1. The first kappa shape index (κ1) is 16.0. The van der Waals surface area contributed by atoms with E-state index in [2.05, 4.69) is 15.3 Å². The number of rotatable bonds is 4. The van der Waals surface area contributed by atoms with E-state index in [0.717, 1.165) is 0 Å². The van der Waals surface area contributed by atoms with E-state index in [4.69, 9.17) is 4.74 Å². The monoisotopic (exact) mass is 313 g/mol. The fourth-order valence-electron chi connectivity index (χ4n) is 2.30. The van der Waals surface area contributed by atoms with Crippen molar-refractivity contribution in [3.05, 3.63) is 21.7 Å².